The predicted octanol–water partition coefficient (Wildman–Crippen LogP) is 5.21. The number of hydrogen-bond donors (Lipinski definition) is 2. The van der Waals surface area contributed by atoms with Gasteiger partial charge in [0.2, 0.25) is 0 Å². The number of anilines is 1. The van der Waals surface area contributed by atoms with Crippen molar-refractivity contribution in [2.75, 3.05) is 4.72 Å². The second-order valence-electron chi connectivity index (χ2n) is 5.99. The van der Waals surface area contributed by atoms with E-state index in [1.807, 2.05) is 0 Å². The fourth-order valence-electron chi connectivity index (χ4n) is 2.49. The molecular weight excluding hydrogens is 437 g/mol. The molecule has 0 fully saturated rings. The van der Waals surface area contributed by atoms with Crippen molar-refractivity contribution < 1.29 is 23.1 Å². The molecule has 3 aromatic carbocycles. The van der Waals surface area contributed by atoms with Crippen LogP contribution in [-0.2, 0) is 21.2 Å². The summed E-state index contributed by atoms with van der Waals surface area (Å²) < 4.78 is 33.3. The van der Waals surface area contributed by atoms with E-state index in [0.717, 1.165) is 0 Å². The third-order valence-corrected chi connectivity index (χ3v) is 5.92. The van der Waals surface area contributed by atoms with Gasteiger partial charge in [0.05, 0.1) is 16.3 Å². The number of carboxylic acids is 1. The first-order valence-electron chi connectivity index (χ1n) is 8.30. The Balaban J connectivity index is 1.78. The van der Waals surface area contributed by atoms with Gasteiger partial charge in [-0.1, -0.05) is 35.3 Å². The predicted molar refractivity (Wildman–Crippen MR) is 112 cm³/mol. The maximum atomic E-state index is 12.6. The number of nitrogens with one attached hydrogen (secondary N) is 1. The van der Waals surface area contributed by atoms with Crippen molar-refractivity contribution in [2.45, 2.75) is 11.3 Å². The van der Waals surface area contributed by atoms with Crippen molar-refractivity contribution in [3.8, 4) is 11.5 Å². The van der Waals surface area contributed by atoms with Crippen LogP contribution in [0.4, 0.5) is 5.69 Å². The number of carbonyl (C=O) groups is 1. The van der Waals surface area contributed by atoms with Crippen LogP contribution in [0, 0.1) is 0 Å². The standard InChI is InChI=1S/C20H15Cl2NO5S/c21-17-10-5-14(11-13(17)12-20(24)25)23-29(26,27)16-8-6-15(7-9-16)28-19-4-2-1-3-18(19)22/h1-11,23H,12H2,(H,24,25). The van der Waals surface area contributed by atoms with Gasteiger partial charge < -0.3 is 9.84 Å². The van der Waals surface area contributed by atoms with Gasteiger partial charge in [0.25, 0.3) is 10.0 Å². The number of carboxylic acid groups (broad SMARTS) is 1. The topological polar surface area (TPSA) is 92.7 Å². The number of ether oxygens (including phenoxy) is 1. The molecule has 9 heteroatoms. The van der Waals surface area contributed by atoms with Crippen LogP contribution in [0.3, 0.4) is 0 Å². The lowest BCUT2D eigenvalue weighted by Gasteiger charge is -2.11. The van der Waals surface area contributed by atoms with E-state index in [1.165, 1.54) is 42.5 Å². The molecule has 0 aliphatic carbocycles. The van der Waals surface area contributed by atoms with Crippen LogP contribution >= 0.6 is 23.2 Å². The van der Waals surface area contributed by atoms with Crippen molar-refractivity contribution in [3.05, 3.63) is 82.3 Å². The average Bonchev–Trinajstić information content (AvgIpc) is 2.66. The molecule has 2 N–H and O–H groups in total. The van der Waals surface area contributed by atoms with Crippen LogP contribution in [-0.4, -0.2) is 19.5 Å². The fourth-order valence-corrected chi connectivity index (χ4v) is 3.90. The van der Waals surface area contributed by atoms with E-state index in [9.17, 15) is 13.2 Å². The Labute approximate surface area is 177 Å². The van der Waals surface area contributed by atoms with Gasteiger partial charge >= 0.3 is 5.97 Å². The first kappa shape index (κ1) is 21.0. The molecule has 0 spiro atoms. The highest BCUT2D eigenvalue weighted by Crippen LogP contribution is 2.30. The molecule has 29 heavy (non-hydrogen) atoms. The lowest BCUT2D eigenvalue weighted by molar-refractivity contribution is -0.136. The molecule has 0 radical (unpaired) electrons. The number of hydrogen-bond acceptors (Lipinski definition) is 4. The van der Waals surface area contributed by atoms with Gasteiger partial charge in [-0.2, -0.15) is 0 Å². The first-order valence-corrected chi connectivity index (χ1v) is 10.5. The van der Waals surface area contributed by atoms with Gasteiger partial charge in [0.1, 0.15) is 11.5 Å². The minimum Gasteiger partial charge on any atom is -0.481 e. The van der Waals surface area contributed by atoms with Crippen molar-refractivity contribution in [1.29, 1.82) is 0 Å². The van der Waals surface area contributed by atoms with Gasteiger partial charge in [-0.3, -0.25) is 9.52 Å². The summed E-state index contributed by atoms with van der Waals surface area (Å²) in [6.07, 6.45) is -0.317. The highest BCUT2D eigenvalue weighted by molar-refractivity contribution is 7.92. The Bertz CT molecular complexity index is 1150. The maximum Gasteiger partial charge on any atom is 0.307 e. The monoisotopic (exact) mass is 451 g/mol. The smallest absolute Gasteiger partial charge is 0.307 e. The molecule has 3 rings (SSSR count). The van der Waals surface area contributed by atoms with E-state index in [-0.39, 0.29) is 22.0 Å². The molecule has 0 unspecified atom stereocenters. The SMILES string of the molecule is O=C(O)Cc1cc(NS(=O)(=O)c2ccc(Oc3ccccc3Cl)cc2)ccc1Cl. The molecular formula is C20H15Cl2NO5S. The molecule has 3 aromatic rings. The zero-order valence-corrected chi connectivity index (χ0v) is 17.1. The van der Waals surface area contributed by atoms with Gasteiger partial charge in [0.15, 0.2) is 0 Å². The number of aliphatic carboxylic acids is 1. The van der Waals surface area contributed by atoms with Crippen molar-refractivity contribution >= 4 is 44.9 Å². The molecule has 6 nitrogen and oxygen atoms in total. The van der Waals surface area contributed by atoms with Gasteiger partial charge in [-0.15, -0.1) is 0 Å². The normalized spacial score (nSPS) is 11.1. The Kier molecular flexibility index (Phi) is 6.32. The van der Waals surface area contributed by atoms with Crippen LogP contribution < -0.4 is 9.46 Å². The summed E-state index contributed by atoms with van der Waals surface area (Å²) in [4.78, 5) is 10.9. The Morgan fingerprint density at radius 2 is 1.66 bits per heavy atom. The molecule has 0 amide bonds. The zero-order valence-electron chi connectivity index (χ0n) is 14.8. The Morgan fingerprint density at radius 3 is 2.31 bits per heavy atom. The Hall–Kier alpha value is -2.74. The number of halogens is 2. The number of para-hydroxylation sites is 1. The molecule has 0 heterocycles. The van der Waals surface area contributed by atoms with E-state index < -0.39 is 16.0 Å². The first-order chi connectivity index (χ1) is 13.7. The molecule has 0 aliphatic heterocycles. The van der Waals surface area contributed by atoms with Crippen LogP contribution in [0.1, 0.15) is 5.56 Å². The lowest BCUT2D eigenvalue weighted by Crippen LogP contribution is -2.13. The summed E-state index contributed by atoms with van der Waals surface area (Å²) in [5.74, 6) is -0.191. The molecule has 150 valence electrons. The van der Waals surface area contributed by atoms with Crippen molar-refractivity contribution in [1.82, 2.24) is 0 Å². The second-order valence-corrected chi connectivity index (χ2v) is 8.48. The third-order valence-electron chi connectivity index (χ3n) is 3.84. The van der Waals surface area contributed by atoms with Crippen LogP contribution in [0.25, 0.3) is 0 Å². The summed E-state index contributed by atoms with van der Waals surface area (Å²) >= 11 is 12.0. The minimum absolute atomic E-state index is 0.0127. The summed E-state index contributed by atoms with van der Waals surface area (Å²) in [6, 6.07) is 17.0. The quantitative estimate of drug-likeness (QED) is 0.513. The second kappa shape index (κ2) is 8.73. The molecule has 0 aliphatic rings. The molecule has 0 saturated carbocycles. The third kappa shape index (κ3) is 5.41. The number of sulfonamides is 1. The minimum atomic E-state index is -3.89. The Morgan fingerprint density at radius 1 is 0.966 bits per heavy atom. The fraction of sp³-hybridized carbons (Fsp3) is 0.0500. The lowest BCUT2D eigenvalue weighted by atomic mass is 10.1. The van der Waals surface area contributed by atoms with Crippen LogP contribution in [0.2, 0.25) is 10.0 Å². The van der Waals surface area contributed by atoms with E-state index in [4.69, 9.17) is 33.0 Å². The van der Waals surface area contributed by atoms with Crippen molar-refractivity contribution in [3.63, 3.8) is 0 Å². The average molecular weight is 452 g/mol. The summed E-state index contributed by atoms with van der Waals surface area (Å²) in [6.45, 7) is 0. The number of rotatable bonds is 7. The van der Waals surface area contributed by atoms with Crippen LogP contribution in [0.5, 0.6) is 11.5 Å². The van der Waals surface area contributed by atoms with E-state index >= 15 is 0 Å². The van der Waals surface area contributed by atoms with Gasteiger partial charge in [-0.05, 0) is 60.2 Å². The van der Waals surface area contributed by atoms with Gasteiger partial charge in [0, 0.05) is 10.7 Å². The maximum absolute atomic E-state index is 12.6. The summed E-state index contributed by atoms with van der Waals surface area (Å²) in [5.41, 5.74) is 0.518. The van der Waals surface area contributed by atoms with E-state index in [0.29, 0.717) is 22.1 Å². The zero-order chi connectivity index (χ0) is 21.0. The highest BCUT2D eigenvalue weighted by Gasteiger charge is 2.16. The highest BCUT2D eigenvalue weighted by atomic mass is 35.5. The van der Waals surface area contributed by atoms with E-state index in [2.05, 4.69) is 4.72 Å². The molecule has 0 atom stereocenters. The van der Waals surface area contributed by atoms with Crippen molar-refractivity contribution in [2.24, 2.45) is 0 Å². The van der Waals surface area contributed by atoms with E-state index in [1.54, 1.807) is 24.3 Å². The van der Waals surface area contributed by atoms with Crippen LogP contribution in [0.15, 0.2) is 71.6 Å². The largest absolute Gasteiger partial charge is 0.481 e. The van der Waals surface area contributed by atoms with Gasteiger partial charge in [-0.25, -0.2) is 8.42 Å². The summed E-state index contributed by atoms with van der Waals surface area (Å²) in [7, 11) is -3.89. The molecule has 0 saturated heterocycles. The summed E-state index contributed by atoms with van der Waals surface area (Å²) in [5, 5.41) is 9.61. The number of benzene rings is 3. The molecule has 0 bridgehead atoms. The molecule has 0 aromatic heterocycles.